The topological polar surface area (TPSA) is 83.5 Å². The second kappa shape index (κ2) is 4.18. The maximum atomic E-state index is 12.1. The largest absolute Gasteiger partial charge is 0.516 e. The van der Waals surface area contributed by atoms with E-state index in [0.29, 0.717) is 11.3 Å². The van der Waals surface area contributed by atoms with Gasteiger partial charge < -0.3 is 5.11 Å². The molecule has 1 rings (SSSR count). The smallest absolute Gasteiger partial charge is 0.477 e. The number of hydrogen-bond donors (Lipinski definition) is 2. The van der Waals surface area contributed by atoms with Crippen LogP contribution in [0.15, 0.2) is 5.38 Å². The summed E-state index contributed by atoms with van der Waals surface area (Å²) in [6, 6.07) is 0. The Morgan fingerprint density at radius 3 is 2.41 bits per heavy atom. The Hall–Kier alpha value is -1.29. The van der Waals surface area contributed by atoms with Crippen LogP contribution in [0.5, 0.6) is 0 Å². The third-order valence-corrected chi connectivity index (χ3v) is 3.88. The molecule has 0 unspecified atom stereocenters. The number of hydrogen-bond acceptors (Lipinski definition) is 4. The first-order valence-corrected chi connectivity index (χ1v) is 6.33. The van der Waals surface area contributed by atoms with Crippen LogP contribution < -0.4 is 4.72 Å². The van der Waals surface area contributed by atoms with Crippen molar-refractivity contribution in [1.82, 2.24) is 0 Å². The standard InChI is InChI=1S/C7H6F3NO4S2/c1-3-2-16-5(6(12)13)4(3)11-17(14,15)7(8,9)10/h2,11H,1H3,(H,12,13). The number of carboxylic acids is 1. The normalized spacial score (nSPS) is 12.5. The molecule has 0 saturated heterocycles. The zero-order chi connectivity index (χ0) is 13.4. The lowest BCUT2D eigenvalue weighted by molar-refractivity contribution is -0.0429. The van der Waals surface area contributed by atoms with E-state index in [9.17, 15) is 26.4 Å². The molecular formula is C7H6F3NO4S2. The van der Waals surface area contributed by atoms with Crippen LogP contribution in [0.2, 0.25) is 0 Å². The van der Waals surface area contributed by atoms with E-state index in [4.69, 9.17) is 5.11 Å². The van der Waals surface area contributed by atoms with Crippen LogP contribution in [0.3, 0.4) is 0 Å². The number of aryl methyl sites for hydroxylation is 1. The van der Waals surface area contributed by atoms with Crippen LogP contribution in [0.1, 0.15) is 15.2 Å². The molecule has 5 nitrogen and oxygen atoms in total. The van der Waals surface area contributed by atoms with Gasteiger partial charge in [0.15, 0.2) is 0 Å². The predicted molar refractivity (Wildman–Crippen MR) is 54.6 cm³/mol. The molecule has 0 aliphatic rings. The minimum absolute atomic E-state index is 0.111. The van der Waals surface area contributed by atoms with Crippen LogP contribution in [0.25, 0.3) is 0 Å². The lowest BCUT2D eigenvalue weighted by atomic mass is 10.3. The van der Waals surface area contributed by atoms with Crippen molar-refractivity contribution in [2.75, 3.05) is 4.72 Å². The number of anilines is 1. The molecule has 0 radical (unpaired) electrons. The summed E-state index contributed by atoms with van der Waals surface area (Å²) < 4.78 is 59.2. The predicted octanol–water partition coefficient (Wildman–Crippen LogP) is 2.02. The third kappa shape index (κ3) is 2.69. The van der Waals surface area contributed by atoms with E-state index in [1.807, 2.05) is 0 Å². The van der Waals surface area contributed by atoms with E-state index < -0.39 is 32.1 Å². The molecular weight excluding hydrogens is 283 g/mol. The molecule has 17 heavy (non-hydrogen) atoms. The first kappa shape index (κ1) is 13.8. The minimum Gasteiger partial charge on any atom is -0.477 e. The van der Waals surface area contributed by atoms with Gasteiger partial charge in [0.05, 0.1) is 5.69 Å². The summed E-state index contributed by atoms with van der Waals surface area (Å²) in [5.41, 5.74) is -5.93. The summed E-state index contributed by atoms with van der Waals surface area (Å²) >= 11 is 0.642. The van der Waals surface area contributed by atoms with Crippen molar-refractivity contribution in [2.24, 2.45) is 0 Å². The van der Waals surface area contributed by atoms with Crippen molar-refractivity contribution in [1.29, 1.82) is 0 Å². The lowest BCUT2D eigenvalue weighted by Gasteiger charge is -2.10. The number of nitrogens with one attached hydrogen (secondary N) is 1. The molecule has 0 aliphatic heterocycles. The Morgan fingerprint density at radius 2 is 2.00 bits per heavy atom. The second-order valence-corrected chi connectivity index (χ2v) is 5.53. The number of rotatable bonds is 3. The van der Waals surface area contributed by atoms with E-state index in [0.717, 1.165) is 0 Å². The van der Waals surface area contributed by atoms with Crippen LogP contribution in [-0.4, -0.2) is 25.0 Å². The van der Waals surface area contributed by atoms with Gasteiger partial charge in [-0.25, -0.2) is 4.79 Å². The molecule has 0 atom stereocenters. The van der Waals surface area contributed by atoms with Gasteiger partial charge in [-0.2, -0.15) is 21.6 Å². The average molecular weight is 289 g/mol. The SMILES string of the molecule is Cc1csc(C(=O)O)c1NS(=O)(=O)C(F)(F)F. The molecule has 96 valence electrons. The van der Waals surface area contributed by atoms with E-state index in [1.54, 1.807) is 0 Å². The van der Waals surface area contributed by atoms with Gasteiger partial charge in [0.1, 0.15) is 4.88 Å². The second-order valence-electron chi connectivity index (χ2n) is 2.98. The maximum absolute atomic E-state index is 12.1. The van der Waals surface area contributed by atoms with E-state index in [1.165, 1.54) is 17.0 Å². The van der Waals surface area contributed by atoms with Gasteiger partial charge in [0.2, 0.25) is 0 Å². The number of thiophene rings is 1. The highest BCUT2D eigenvalue weighted by Gasteiger charge is 2.46. The first-order chi connectivity index (χ1) is 7.56. The monoisotopic (exact) mass is 289 g/mol. The molecule has 1 heterocycles. The maximum Gasteiger partial charge on any atom is 0.516 e. The van der Waals surface area contributed by atoms with Crippen molar-refractivity contribution in [3.05, 3.63) is 15.8 Å². The molecule has 0 aromatic carbocycles. The summed E-state index contributed by atoms with van der Waals surface area (Å²) in [4.78, 5) is 10.2. The Morgan fingerprint density at radius 1 is 1.47 bits per heavy atom. The van der Waals surface area contributed by atoms with Gasteiger partial charge >= 0.3 is 21.5 Å². The fourth-order valence-corrected chi connectivity index (χ4v) is 2.48. The van der Waals surface area contributed by atoms with Crippen molar-refractivity contribution >= 4 is 33.0 Å². The summed E-state index contributed by atoms with van der Waals surface area (Å²) in [7, 11) is -5.61. The number of halogens is 3. The molecule has 0 spiro atoms. The van der Waals surface area contributed by atoms with Crippen molar-refractivity contribution in [3.8, 4) is 0 Å². The Kier molecular flexibility index (Phi) is 3.39. The van der Waals surface area contributed by atoms with Crippen LogP contribution in [0.4, 0.5) is 18.9 Å². The highest BCUT2D eigenvalue weighted by atomic mass is 32.2. The Balaban J connectivity index is 3.21. The quantitative estimate of drug-likeness (QED) is 0.891. The van der Waals surface area contributed by atoms with Gasteiger partial charge in [-0.3, -0.25) is 4.72 Å². The third-order valence-electron chi connectivity index (χ3n) is 1.71. The number of carbonyl (C=O) groups is 1. The molecule has 2 N–H and O–H groups in total. The zero-order valence-corrected chi connectivity index (χ0v) is 9.83. The molecule has 0 bridgehead atoms. The molecule has 1 aromatic rings. The average Bonchev–Trinajstić information content (AvgIpc) is 2.45. The summed E-state index contributed by atoms with van der Waals surface area (Å²) in [5, 5.41) is 9.92. The van der Waals surface area contributed by atoms with Crippen LogP contribution in [0, 0.1) is 6.92 Å². The van der Waals surface area contributed by atoms with Gasteiger partial charge in [0, 0.05) is 0 Å². The number of sulfonamides is 1. The Bertz CT molecular complexity index is 546. The molecule has 0 aliphatic carbocycles. The molecule has 0 amide bonds. The Labute approximate surface area is 97.9 Å². The highest BCUT2D eigenvalue weighted by Crippen LogP contribution is 2.32. The summed E-state index contributed by atoms with van der Waals surface area (Å²) in [6.07, 6.45) is 0. The van der Waals surface area contributed by atoms with Gasteiger partial charge in [0.25, 0.3) is 0 Å². The molecule has 0 saturated carbocycles. The van der Waals surface area contributed by atoms with Gasteiger partial charge in [-0.15, -0.1) is 11.3 Å². The number of aromatic carboxylic acids is 1. The molecule has 1 aromatic heterocycles. The molecule has 0 fully saturated rings. The van der Waals surface area contributed by atoms with E-state index in [2.05, 4.69) is 0 Å². The zero-order valence-electron chi connectivity index (χ0n) is 8.20. The van der Waals surface area contributed by atoms with Gasteiger partial charge in [-0.05, 0) is 17.9 Å². The first-order valence-electron chi connectivity index (χ1n) is 3.96. The van der Waals surface area contributed by atoms with E-state index in [-0.39, 0.29) is 5.56 Å². The summed E-state index contributed by atoms with van der Waals surface area (Å²) in [6.45, 7) is 1.30. The highest BCUT2D eigenvalue weighted by molar-refractivity contribution is 7.93. The fourth-order valence-electron chi connectivity index (χ4n) is 0.921. The fraction of sp³-hybridized carbons (Fsp3) is 0.286. The van der Waals surface area contributed by atoms with Crippen molar-refractivity contribution in [3.63, 3.8) is 0 Å². The van der Waals surface area contributed by atoms with Crippen LogP contribution in [-0.2, 0) is 10.0 Å². The lowest BCUT2D eigenvalue weighted by Crippen LogP contribution is -2.30. The number of alkyl halides is 3. The van der Waals surface area contributed by atoms with E-state index >= 15 is 0 Å². The summed E-state index contributed by atoms with van der Waals surface area (Å²) in [5.74, 6) is -1.50. The van der Waals surface area contributed by atoms with Crippen molar-refractivity contribution in [2.45, 2.75) is 12.4 Å². The molecule has 10 heteroatoms. The minimum atomic E-state index is -5.61. The van der Waals surface area contributed by atoms with Gasteiger partial charge in [-0.1, -0.05) is 0 Å². The van der Waals surface area contributed by atoms with Crippen molar-refractivity contribution < 1.29 is 31.5 Å². The van der Waals surface area contributed by atoms with Crippen LogP contribution >= 0.6 is 11.3 Å². The number of carboxylic acid groups (broad SMARTS) is 1.